The molecule has 0 saturated heterocycles. The van der Waals surface area contributed by atoms with Gasteiger partial charge in [0.2, 0.25) is 0 Å². The minimum absolute atomic E-state index is 0.234. The summed E-state index contributed by atoms with van der Waals surface area (Å²) in [5.41, 5.74) is 0. The number of rotatable bonds is 9. The highest BCUT2D eigenvalue weighted by atomic mass is 32.2. The van der Waals surface area contributed by atoms with Crippen LogP contribution in [-0.2, 0) is 15.6 Å². The summed E-state index contributed by atoms with van der Waals surface area (Å²) in [5, 5.41) is 8.41. The highest BCUT2D eigenvalue weighted by molar-refractivity contribution is 7.84. The zero-order chi connectivity index (χ0) is 11.7. The molecule has 0 heterocycles. The monoisotopic (exact) mass is 234 g/mol. The van der Waals surface area contributed by atoms with Crippen LogP contribution in [0, 0.1) is 5.92 Å². The van der Waals surface area contributed by atoms with Gasteiger partial charge < -0.3 is 5.11 Å². The predicted molar refractivity (Wildman–Crippen MR) is 63.4 cm³/mol. The second-order valence-electron chi connectivity index (χ2n) is 4.03. The maximum absolute atomic E-state index is 11.5. The molecular weight excluding hydrogens is 212 g/mol. The van der Waals surface area contributed by atoms with Gasteiger partial charge in [-0.1, -0.05) is 26.7 Å². The Morgan fingerprint density at radius 1 is 1.33 bits per heavy atom. The van der Waals surface area contributed by atoms with Crippen molar-refractivity contribution in [2.24, 2.45) is 5.92 Å². The van der Waals surface area contributed by atoms with E-state index in [4.69, 9.17) is 5.11 Å². The van der Waals surface area contributed by atoms with Crippen molar-refractivity contribution >= 4 is 16.8 Å². The second kappa shape index (κ2) is 8.89. The SMILES string of the molecule is CCC(C)CS(=O)CCCCCC(=O)O. The summed E-state index contributed by atoms with van der Waals surface area (Å²) in [6, 6.07) is 0. The molecule has 0 saturated carbocycles. The van der Waals surface area contributed by atoms with Crippen molar-refractivity contribution < 1.29 is 14.1 Å². The summed E-state index contributed by atoms with van der Waals surface area (Å²) >= 11 is 0. The van der Waals surface area contributed by atoms with E-state index in [9.17, 15) is 9.00 Å². The lowest BCUT2D eigenvalue weighted by Crippen LogP contribution is -2.10. The van der Waals surface area contributed by atoms with E-state index in [1.807, 2.05) is 0 Å². The predicted octanol–water partition coefficient (Wildman–Crippen LogP) is 2.43. The van der Waals surface area contributed by atoms with E-state index in [0.29, 0.717) is 12.3 Å². The molecule has 0 rings (SSSR count). The van der Waals surface area contributed by atoms with Crippen molar-refractivity contribution in [3.63, 3.8) is 0 Å². The average molecular weight is 234 g/mol. The van der Waals surface area contributed by atoms with E-state index in [1.165, 1.54) is 0 Å². The molecule has 0 aromatic heterocycles. The molecule has 4 heteroatoms. The van der Waals surface area contributed by atoms with Gasteiger partial charge in [-0.3, -0.25) is 9.00 Å². The standard InChI is InChI=1S/C11H22O3S/c1-3-10(2)9-15(14)8-6-4-5-7-11(12)13/h10H,3-9H2,1-2H3,(H,12,13). The summed E-state index contributed by atoms with van der Waals surface area (Å²) in [6.07, 6.45) is 3.77. The molecule has 0 radical (unpaired) electrons. The van der Waals surface area contributed by atoms with Crippen LogP contribution in [0.4, 0.5) is 0 Å². The zero-order valence-corrected chi connectivity index (χ0v) is 10.5. The molecule has 0 aromatic rings. The molecule has 0 aliphatic rings. The first-order valence-electron chi connectivity index (χ1n) is 5.63. The molecular formula is C11H22O3S. The maximum Gasteiger partial charge on any atom is 0.303 e. The summed E-state index contributed by atoms with van der Waals surface area (Å²) in [4.78, 5) is 10.2. The number of carboxylic acid groups (broad SMARTS) is 1. The molecule has 0 amide bonds. The third-order valence-corrected chi connectivity index (χ3v) is 4.11. The fourth-order valence-corrected chi connectivity index (χ4v) is 2.80. The molecule has 0 spiro atoms. The van der Waals surface area contributed by atoms with Crippen molar-refractivity contribution in [2.45, 2.75) is 46.0 Å². The molecule has 3 nitrogen and oxygen atoms in total. The van der Waals surface area contributed by atoms with E-state index in [0.717, 1.165) is 30.8 Å². The Morgan fingerprint density at radius 3 is 2.53 bits per heavy atom. The van der Waals surface area contributed by atoms with Crippen molar-refractivity contribution in [1.29, 1.82) is 0 Å². The van der Waals surface area contributed by atoms with E-state index in [1.54, 1.807) is 0 Å². The number of carbonyl (C=O) groups is 1. The van der Waals surface area contributed by atoms with Crippen LogP contribution in [0.15, 0.2) is 0 Å². The van der Waals surface area contributed by atoms with Crippen LogP contribution in [0.5, 0.6) is 0 Å². The molecule has 0 aromatic carbocycles. The molecule has 0 bridgehead atoms. The molecule has 0 fully saturated rings. The van der Waals surface area contributed by atoms with Gasteiger partial charge in [-0.25, -0.2) is 0 Å². The third-order valence-electron chi connectivity index (χ3n) is 2.43. The van der Waals surface area contributed by atoms with Gasteiger partial charge in [-0.15, -0.1) is 0 Å². The summed E-state index contributed by atoms with van der Waals surface area (Å²) < 4.78 is 11.5. The molecule has 0 aliphatic heterocycles. The van der Waals surface area contributed by atoms with Crippen LogP contribution < -0.4 is 0 Å². The van der Waals surface area contributed by atoms with Gasteiger partial charge >= 0.3 is 5.97 Å². The fraction of sp³-hybridized carbons (Fsp3) is 0.909. The lowest BCUT2D eigenvalue weighted by Gasteiger charge is -2.07. The fourth-order valence-electron chi connectivity index (χ4n) is 1.23. The number of hydrogen-bond donors (Lipinski definition) is 1. The summed E-state index contributed by atoms with van der Waals surface area (Å²) in [7, 11) is -0.712. The Balaban J connectivity index is 3.35. The highest BCUT2D eigenvalue weighted by Gasteiger charge is 2.05. The minimum atomic E-state index is -0.740. The zero-order valence-electron chi connectivity index (χ0n) is 9.70. The maximum atomic E-state index is 11.5. The quantitative estimate of drug-likeness (QED) is 0.623. The number of unbranched alkanes of at least 4 members (excludes halogenated alkanes) is 2. The molecule has 2 atom stereocenters. The Morgan fingerprint density at radius 2 is 2.00 bits per heavy atom. The smallest absolute Gasteiger partial charge is 0.303 e. The number of carboxylic acids is 1. The van der Waals surface area contributed by atoms with Gasteiger partial charge in [0.1, 0.15) is 0 Å². The van der Waals surface area contributed by atoms with Crippen LogP contribution >= 0.6 is 0 Å². The van der Waals surface area contributed by atoms with Gasteiger partial charge in [0, 0.05) is 28.7 Å². The van der Waals surface area contributed by atoms with Crippen LogP contribution in [-0.4, -0.2) is 26.8 Å². The van der Waals surface area contributed by atoms with Gasteiger partial charge in [-0.05, 0) is 18.8 Å². The van der Waals surface area contributed by atoms with Crippen LogP contribution in [0.2, 0.25) is 0 Å². The molecule has 2 unspecified atom stereocenters. The highest BCUT2D eigenvalue weighted by Crippen LogP contribution is 2.06. The van der Waals surface area contributed by atoms with Crippen molar-refractivity contribution in [1.82, 2.24) is 0 Å². The first-order chi connectivity index (χ1) is 7.06. The number of aliphatic carboxylic acids is 1. The Bertz CT molecular complexity index is 204. The minimum Gasteiger partial charge on any atom is -0.481 e. The van der Waals surface area contributed by atoms with E-state index >= 15 is 0 Å². The van der Waals surface area contributed by atoms with E-state index in [2.05, 4.69) is 13.8 Å². The van der Waals surface area contributed by atoms with Crippen LogP contribution in [0.3, 0.4) is 0 Å². The van der Waals surface area contributed by atoms with Crippen LogP contribution in [0.1, 0.15) is 46.0 Å². The Labute approximate surface area is 94.7 Å². The molecule has 90 valence electrons. The average Bonchev–Trinajstić information content (AvgIpc) is 2.16. The summed E-state index contributed by atoms with van der Waals surface area (Å²) in [6.45, 7) is 4.22. The largest absolute Gasteiger partial charge is 0.481 e. The van der Waals surface area contributed by atoms with Gasteiger partial charge in [0.25, 0.3) is 0 Å². The second-order valence-corrected chi connectivity index (χ2v) is 5.65. The van der Waals surface area contributed by atoms with E-state index in [-0.39, 0.29) is 6.42 Å². The first kappa shape index (κ1) is 14.6. The normalized spacial score (nSPS) is 14.8. The van der Waals surface area contributed by atoms with Crippen molar-refractivity contribution in [2.75, 3.05) is 11.5 Å². The lowest BCUT2D eigenvalue weighted by molar-refractivity contribution is -0.137. The molecule has 0 aliphatic carbocycles. The van der Waals surface area contributed by atoms with Crippen LogP contribution in [0.25, 0.3) is 0 Å². The van der Waals surface area contributed by atoms with Crippen molar-refractivity contribution in [3.05, 3.63) is 0 Å². The van der Waals surface area contributed by atoms with E-state index < -0.39 is 16.8 Å². The summed E-state index contributed by atoms with van der Waals surface area (Å²) in [5.74, 6) is 1.31. The van der Waals surface area contributed by atoms with Gasteiger partial charge in [0.05, 0.1) is 0 Å². The van der Waals surface area contributed by atoms with Crippen molar-refractivity contribution in [3.8, 4) is 0 Å². The topological polar surface area (TPSA) is 54.4 Å². The molecule has 1 N–H and O–H groups in total. The van der Waals surface area contributed by atoms with Gasteiger partial charge in [-0.2, -0.15) is 0 Å². The molecule has 15 heavy (non-hydrogen) atoms. The Hall–Kier alpha value is -0.380. The third kappa shape index (κ3) is 9.91. The van der Waals surface area contributed by atoms with Gasteiger partial charge in [0.15, 0.2) is 0 Å². The Kier molecular flexibility index (Phi) is 8.67. The lowest BCUT2D eigenvalue weighted by atomic mass is 10.2. The number of hydrogen-bond acceptors (Lipinski definition) is 2. The first-order valence-corrected chi connectivity index (χ1v) is 7.11.